The Morgan fingerprint density at radius 2 is 2.00 bits per heavy atom. The maximum absolute atomic E-state index is 11.7. The summed E-state index contributed by atoms with van der Waals surface area (Å²) in [6, 6.07) is 3.73. The van der Waals surface area contributed by atoms with Crippen LogP contribution in [0.1, 0.15) is 33.5 Å². The molecule has 0 fully saturated rings. The molecule has 0 radical (unpaired) electrons. The number of aryl methyl sites for hydroxylation is 1. The highest BCUT2D eigenvalue weighted by Gasteiger charge is 2.20. The summed E-state index contributed by atoms with van der Waals surface area (Å²) in [5.74, 6) is 1.61. The van der Waals surface area contributed by atoms with Gasteiger partial charge in [0, 0.05) is 24.9 Å². The van der Waals surface area contributed by atoms with Crippen LogP contribution >= 0.6 is 0 Å². The van der Waals surface area contributed by atoms with Gasteiger partial charge in [-0.15, -0.1) is 15.3 Å². The smallest absolute Gasteiger partial charge is 0.225 e. The van der Waals surface area contributed by atoms with Gasteiger partial charge in [0.1, 0.15) is 5.82 Å². The van der Waals surface area contributed by atoms with Crippen molar-refractivity contribution < 1.29 is 4.79 Å². The predicted molar refractivity (Wildman–Crippen MR) is 81.1 cm³/mol. The van der Waals surface area contributed by atoms with E-state index in [1.807, 2.05) is 39.8 Å². The number of hydrogen-bond donors (Lipinski definition) is 2. The molecule has 21 heavy (non-hydrogen) atoms. The minimum atomic E-state index is -0.365. The highest BCUT2D eigenvalue weighted by Crippen LogP contribution is 2.12. The Kier molecular flexibility index (Phi) is 4.40. The van der Waals surface area contributed by atoms with Crippen LogP contribution in [0.15, 0.2) is 12.1 Å². The van der Waals surface area contributed by atoms with Crippen molar-refractivity contribution >= 4 is 17.4 Å². The SMILES string of the molecule is CCc1nnc2ccc(NCCNC(=O)C(C)(C)C)nn12. The number of aromatic nitrogens is 4. The molecule has 0 unspecified atom stereocenters. The van der Waals surface area contributed by atoms with E-state index in [4.69, 9.17) is 0 Å². The molecule has 0 saturated carbocycles. The van der Waals surface area contributed by atoms with E-state index < -0.39 is 0 Å². The van der Waals surface area contributed by atoms with Crippen LogP contribution in [0.3, 0.4) is 0 Å². The lowest BCUT2D eigenvalue weighted by molar-refractivity contribution is -0.128. The Morgan fingerprint density at radius 3 is 2.67 bits per heavy atom. The number of anilines is 1. The lowest BCUT2D eigenvalue weighted by atomic mass is 9.96. The fraction of sp³-hybridized carbons (Fsp3) is 0.571. The first-order chi connectivity index (χ1) is 9.91. The summed E-state index contributed by atoms with van der Waals surface area (Å²) < 4.78 is 1.73. The number of fused-ring (bicyclic) bond motifs is 1. The lowest BCUT2D eigenvalue weighted by Gasteiger charge is -2.17. The van der Waals surface area contributed by atoms with Gasteiger partial charge in [0.15, 0.2) is 11.5 Å². The second-order valence-electron chi connectivity index (χ2n) is 5.89. The van der Waals surface area contributed by atoms with Gasteiger partial charge in [0.05, 0.1) is 0 Å². The number of carbonyl (C=O) groups is 1. The van der Waals surface area contributed by atoms with Crippen molar-refractivity contribution in [3.05, 3.63) is 18.0 Å². The third-order valence-corrected chi connectivity index (χ3v) is 3.04. The van der Waals surface area contributed by atoms with Crippen LogP contribution in [0, 0.1) is 5.41 Å². The number of nitrogens with one attached hydrogen (secondary N) is 2. The van der Waals surface area contributed by atoms with Gasteiger partial charge in [-0.2, -0.15) is 4.52 Å². The highest BCUT2D eigenvalue weighted by atomic mass is 16.2. The van der Waals surface area contributed by atoms with Gasteiger partial charge in [0.2, 0.25) is 5.91 Å². The predicted octanol–water partition coefficient (Wildman–Crippen LogP) is 1.26. The number of carbonyl (C=O) groups excluding carboxylic acids is 1. The molecule has 2 N–H and O–H groups in total. The zero-order valence-corrected chi connectivity index (χ0v) is 13.0. The average Bonchev–Trinajstić information content (AvgIpc) is 2.84. The quantitative estimate of drug-likeness (QED) is 0.810. The van der Waals surface area contributed by atoms with E-state index in [2.05, 4.69) is 25.9 Å². The van der Waals surface area contributed by atoms with Gasteiger partial charge in [-0.05, 0) is 12.1 Å². The zero-order valence-electron chi connectivity index (χ0n) is 13.0. The van der Waals surface area contributed by atoms with Crippen molar-refractivity contribution in [2.45, 2.75) is 34.1 Å². The summed E-state index contributed by atoms with van der Waals surface area (Å²) in [5, 5.41) is 18.6. The van der Waals surface area contributed by atoms with Gasteiger partial charge in [-0.25, -0.2) is 0 Å². The zero-order chi connectivity index (χ0) is 15.5. The van der Waals surface area contributed by atoms with Crippen molar-refractivity contribution in [2.75, 3.05) is 18.4 Å². The van der Waals surface area contributed by atoms with Gasteiger partial charge in [0.25, 0.3) is 0 Å². The third kappa shape index (κ3) is 3.68. The monoisotopic (exact) mass is 290 g/mol. The molecular weight excluding hydrogens is 268 g/mol. The van der Waals surface area contributed by atoms with Crippen LogP contribution in [0.2, 0.25) is 0 Å². The molecule has 0 atom stereocenters. The Hall–Kier alpha value is -2.18. The Morgan fingerprint density at radius 1 is 1.24 bits per heavy atom. The minimum absolute atomic E-state index is 0.0415. The molecule has 0 aliphatic rings. The highest BCUT2D eigenvalue weighted by molar-refractivity contribution is 5.81. The first-order valence-electron chi connectivity index (χ1n) is 7.15. The van der Waals surface area contributed by atoms with E-state index >= 15 is 0 Å². The van der Waals surface area contributed by atoms with Crippen molar-refractivity contribution in [2.24, 2.45) is 5.41 Å². The summed E-state index contributed by atoms with van der Waals surface area (Å²) in [6.45, 7) is 8.86. The van der Waals surface area contributed by atoms with E-state index in [0.29, 0.717) is 13.1 Å². The lowest BCUT2D eigenvalue weighted by Crippen LogP contribution is -2.37. The summed E-state index contributed by atoms with van der Waals surface area (Å²) in [5.41, 5.74) is 0.369. The summed E-state index contributed by atoms with van der Waals surface area (Å²) >= 11 is 0. The second-order valence-corrected chi connectivity index (χ2v) is 5.89. The number of amides is 1. The van der Waals surface area contributed by atoms with E-state index in [1.54, 1.807) is 4.52 Å². The second kappa shape index (κ2) is 6.07. The Labute approximate surface area is 124 Å². The molecular formula is C14H22N6O. The molecule has 7 nitrogen and oxygen atoms in total. The standard InChI is InChI=1S/C14H22N6O/c1-5-11-17-18-12-7-6-10(19-20(11)12)15-8-9-16-13(21)14(2,3)4/h6-7H,5,8-9H2,1-4H3,(H,15,19)(H,16,21). The summed E-state index contributed by atoms with van der Waals surface area (Å²) in [4.78, 5) is 11.7. The first-order valence-corrected chi connectivity index (χ1v) is 7.15. The maximum atomic E-state index is 11.7. The van der Waals surface area contributed by atoms with Crippen molar-refractivity contribution in [1.82, 2.24) is 25.1 Å². The number of hydrogen-bond acceptors (Lipinski definition) is 5. The van der Waals surface area contributed by atoms with E-state index in [0.717, 1.165) is 23.7 Å². The van der Waals surface area contributed by atoms with Crippen LogP contribution < -0.4 is 10.6 Å². The van der Waals surface area contributed by atoms with Crippen LogP contribution in [0.25, 0.3) is 5.65 Å². The van der Waals surface area contributed by atoms with E-state index in [-0.39, 0.29) is 11.3 Å². The summed E-state index contributed by atoms with van der Waals surface area (Å²) in [6.07, 6.45) is 0.777. The fourth-order valence-corrected chi connectivity index (χ4v) is 1.78. The van der Waals surface area contributed by atoms with Crippen LogP contribution in [-0.2, 0) is 11.2 Å². The molecule has 114 valence electrons. The minimum Gasteiger partial charge on any atom is -0.367 e. The molecule has 0 aliphatic heterocycles. The average molecular weight is 290 g/mol. The Bertz CT molecular complexity index is 628. The van der Waals surface area contributed by atoms with Gasteiger partial charge in [-0.3, -0.25) is 4.79 Å². The molecule has 7 heteroatoms. The number of rotatable bonds is 5. The van der Waals surface area contributed by atoms with Crippen molar-refractivity contribution in [1.29, 1.82) is 0 Å². The molecule has 1 amide bonds. The molecule has 2 rings (SSSR count). The largest absolute Gasteiger partial charge is 0.367 e. The molecule has 0 saturated heterocycles. The Balaban J connectivity index is 1.90. The van der Waals surface area contributed by atoms with Crippen molar-refractivity contribution in [3.63, 3.8) is 0 Å². The van der Waals surface area contributed by atoms with Crippen LogP contribution in [-0.4, -0.2) is 38.8 Å². The first kappa shape index (κ1) is 15.2. The molecule has 0 spiro atoms. The van der Waals surface area contributed by atoms with Gasteiger partial charge >= 0.3 is 0 Å². The molecule has 0 aliphatic carbocycles. The van der Waals surface area contributed by atoms with Crippen LogP contribution in [0.5, 0.6) is 0 Å². The molecule has 2 heterocycles. The molecule has 0 aromatic carbocycles. The fourth-order valence-electron chi connectivity index (χ4n) is 1.78. The molecule has 2 aromatic heterocycles. The third-order valence-electron chi connectivity index (χ3n) is 3.04. The van der Waals surface area contributed by atoms with Crippen molar-refractivity contribution in [3.8, 4) is 0 Å². The molecule has 0 bridgehead atoms. The topological polar surface area (TPSA) is 84.2 Å². The van der Waals surface area contributed by atoms with E-state index in [1.165, 1.54) is 0 Å². The number of nitrogens with zero attached hydrogens (tertiary/aromatic N) is 4. The molecule has 2 aromatic rings. The summed E-state index contributed by atoms with van der Waals surface area (Å²) in [7, 11) is 0. The van der Waals surface area contributed by atoms with Gasteiger partial charge < -0.3 is 10.6 Å². The maximum Gasteiger partial charge on any atom is 0.225 e. The normalized spacial score (nSPS) is 11.6. The van der Waals surface area contributed by atoms with E-state index in [9.17, 15) is 4.79 Å². The van der Waals surface area contributed by atoms with Gasteiger partial charge in [-0.1, -0.05) is 27.7 Å². The van der Waals surface area contributed by atoms with Crippen LogP contribution in [0.4, 0.5) is 5.82 Å².